The van der Waals surface area contributed by atoms with Crippen LogP contribution in [-0.2, 0) is 20.8 Å². The number of phenolic OH excluding ortho intramolecular Hbond substituents is 2. The normalized spacial score (nSPS) is 12.7. The highest BCUT2D eigenvalue weighted by Gasteiger charge is 2.31. The molecule has 0 heterocycles. The highest BCUT2D eigenvalue weighted by Crippen LogP contribution is 2.47. The van der Waals surface area contributed by atoms with Crippen molar-refractivity contribution >= 4 is 65.7 Å². The zero-order chi connectivity index (χ0) is 18.8. The lowest BCUT2D eigenvalue weighted by molar-refractivity contribution is -0.144. The van der Waals surface area contributed by atoms with Gasteiger partial charge in [-0.05, 0) is 59.8 Å². The molecule has 1 aromatic carbocycles. The Labute approximate surface area is 159 Å². The molecule has 0 fully saturated rings. The van der Waals surface area contributed by atoms with Crippen molar-refractivity contribution in [1.82, 2.24) is 0 Å². The summed E-state index contributed by atoms with van der Waals surface area (Å²) in [6.07, 6.45) is -0.160. The van der Waals surface area contributed by atoms with Crippen LogP contribution in [0.4, 0.5) is 0 Å². The number of hydrogen-bond acceptors (Lipinski definition) is 5. The fourth-order valence-electron chi connectivity index (χ4n) is 1.84. The number of aliphatic carboxylic acids is 3. The second-order valence-corrected chi connectivity index (χ2v) is 6.83. The Balaban J connectivity index is 3.51. The summed E-state index contributed by atoms with van der Waals surface area (Å²) in [6, 6.07) is 0. The van der Waals surface area contributed by atoms with Gasteiger partial charge in [-0.25, -0.2) is 9.59 Å². The van der Waals surface area contributed by atoms with E-state index in [-0.39, 0.29) is 19.0 Å². The van der Waals surface area contributed by atoms with Crippen molar-refractivity contribution in [2.75, 3.05) is 0 Å². The van der Waals surface area contributed by atoms with Gasteiger partial charge in [-0.15, -0.1) is 0 Å². The molecule has 0 aliphatic carbocycles. The van der Waals surface area contributed by atoms with Crippen molar-refractivity contribution in [1.29, 1.82) is 0 Å². The Morgan fingerprint density at radius 3 is 1.83 bits per heavy atom. The van der Waals surface area contributed by atoms with Crippen molar-refractivity contribution in [2.24, 2.45) is 5.92 Å². The number of halogens is 3. The van der Waals surface area contributed by atoms with Crippen LogP contribution in [-0.4, -0.2) is 43.4 Å². The van der Waals surface area contributed by atoms with Crippen LogP contribution in [0.2, 0.25) is 0 Å². The number of hydrogen-bond donors (Lipinski definition) is 5. The van der Waals surface area contributed by atoms with E-state index in [2.05, 4.69) is 47.8 Å². The summed E-state index contributed by atoms with van der Waals surface area (Å²) in [5.74, 6) is -7.66. The van der Waals surface area contributed by atoms with Gasteiger partial charge in [0.15, 0.2) is 11.5 Å². The van der Waals surface area contributed by atoms with E-state index in [0.717, 1.165) is 0 Å². The quantitative estimate of drug-likeness (QED) is 0.213. The van der Waals surface area contributed by atoms with E-state index in [0.29, 0.717) is 6.08 Å². The zero-order valence-electron chi connectivity index (χ0n) is 11.5. The van der Waals surface area contributed by atoms with E-state index in [4.69, 9.17) is 10.2 Å². The molecule has 8 nitrogen and oxygen atoms in total. The van der Waals surface area contributed by atoms with Gasteiger partial charge in [0.1, 0.15) is 0 Å². The number of carbonyl (C=O) groups is 3. The lowest BCUT2D eigenvalue weighted by Crippen LogP contribution is -2.25. The highest BCUT2D eigenvalue weighted by atomic mass is 79.9. The summed E-state index contributed by atoms with van der Waals surface area (Å²) in [7, 11) is 0. The number of benzene rings is 1. The molecule has 0 saturated carbocycles. The molecule has 1 aromatic rings. The maximum absolute atomic E-state index is 11.4. The van der Waals surface area contributed by atoms with Crippen LogP contribution < -0.4 is 0 Å². The molecule has 0 aromatic heterocycles. The van der Waals surface area contributed by atoms with E-state index in [1.807, 2.05) is 0 Å². The number of phenols is 2. The van der Waals surface area contributed by atoms with Gasteiger partial charge in [0.2, 0.25) is 0 Å². The maximum atomic E-state index is 11.4. The summed E-state index contributed by atoms with van der Waals surface area (Å²) in [5, 5.41) is 46.6. The Morgan fingerprint density at radius 1 is 0.917 bits per heavy atom. The summed E-state index contributed by atoms with van der Waals surface area (Å²) in [6.45, 7) is 0. The first-order chi connectivity index (χ1) is 11.0. The van der Waals surface area contributed by atoms with Crippen molar-refractivity contribution < 1.29 is 39.9 Å². The standard InChI is InChI=1S/C13H9Br3O8/c14-7-5(8(15)10(19)11(20)9(7)16)1-3(12(21)22)4(13(23)24)2-6(17)18/h2-3,19-20H,1H2,(H,17,18)(H,21,22)(H,23,24)/b4-2-. The fourth-order valence-corrected chi connectivity index (χ4v) is 3.63. The SMILES string of the molecule is O=C(O)/C=C(\C(=O)O)C(Cc1c(Br)c(O)c(O)c(Br)c1Br)C(=O)O. The Hall–Kier alpha value is -1.59. The smallest absolute Gasteiger partial charge is 0.332 e. The van der Waals surface area contributed by atoms with Crippen molar-refractivity contribution in [2.45, 2.75) is 6.42 Å². The zero-order valence-corrected chi connectivity index (χ0v) is 16.2. The van der Waals surface area contributed by atoms with Crippen molar-refractivity contribution in [3.05, 3.63) is 30.6 Å². The molecule has 1 unspecified atom stereocenters. The van der Waals surface area contributed by atoms with Gasteiger partial charge < -0.3 is 25.5 Å². The summed E-state index contributed by atoms with van der Waals surface area (Å²) < 4.78 is 0.152. The first-order valence-electron chi connectivity index (χ1n) is 5.96. The molecule has 0 bridgehead atoms. The van der Waals surface area contributed by atoms with Crippen molar-refractivity contribution in [3.63, 3.8) is 0 Å². The summed E-state index contributed by atoms with van der Waals surface area (Å²) in [4.78, 5) is 33.4. The largest absolute Gasteiger partial charge is 0.503 e. The summed E-state index contributed by atoms with van der Waals surface area (Å²) in [5.41, 5.74) is -0.709. The lowest BCUT2D eigenvalue weighted by Gasteiger charge is -2.17. The van der Waals surface area contributed by atoms with Gasteiger partial charge in [0, 0.05) is 10.5 Å². The van der Waals surface area contributed by atoms with Crippen LogP contribution in [0.1, 0.15) is 5.56 Å². The first-order valence-corrected chi connectivity index (χ1v) is 8.34. The second kappa shape index (κ2) is 7.99. The van der Waals surface area contributed by atoms with Gasteiger partial charge in [0.05, 0.1) is 20.4 Å². The topological polar surface area (TPSA) is 152 Å². The Bertz CT molecular complexity index is 727. The molecule has 1 rings (SSSR count). The van der Waals surface area contributed by atoms with Crippen molar-refractivity contribution in [3.8, 4) is 11.5 Å². The molecular formula is C13H9Br3O8. The maximum Gasteiger partial charge on any atom is 0.332 e. The molecule has 0 aliphatic heterocycles. The average molecular weight is 533 g/mol. The molecule has 5 N–H and O–H groups in total. The molecule has 0 spiro atoms. The second-order valence-electron chi connectivity index (χ2n) is 4.46. The minimum atomic E-state index is -1.71. The molecule has 1 atom stereocenters. The van der Waals surface area contributed by atoms with Crippen LogP contribution in [0.15, 0.2) is 25.1 Å². The van der Waals surface area contributed by atoms with Gasteiger partial charge >= 0.3 is 17.9 Å². The van der Waals surface area contributed by atoms with Gasteiger partial charge in [-0.1, -0.05) is 0 Å². The monoisotopic (exact) mass is 530 g/mol. The molecule has 11 heteroatoms. The minimum absolute atomic E-state index is 0.0291. The molecule has 24 heavy (non-hydrogen) atoms. The van der Waals surface area contributed by atoms with Crippen LogP contribution in [0.3, 0.4) is 0 Å². The molecule has 0 aliphatic rings. The van der Waals surface area contributed by atoms with Crippen LogP contribution in [0, 0.1) is 5.92 Å². The summed E-state index contributed by atoms with van der Waals surface area (Å²) >= 11 is 9.10. The van der Waals surface area contributed by atoms with Gasteiger partial charge in [0.25, 0.3) is 0 Å². The molecule has 130 valence electrons. The minimum Gasteiger partial charge on any atom is -0.503 e. The van der Waals surface area contributed by atoms with E-state index in [1.54, 1.807) is 0 Å². The molecule has 0 amide bonds. The van der Waals surface area contributed by atoms with E-state index >= 15 is 0 Å². The number of carboxylic acids is 3. The molecular weight excluding hydrogens is 524 g/mol. The predicted molar refractivity (Wildman–Crippen MR) is 91.1 cm³/mol. The van der Waals surface area contributed by atoms with Gasteiger partial charge in [-0.2, -0.15) is 0 Å². The third-order valence-electron chi connectivity index (χ3n) is 2.97. The lowest BCUT2D eigenvalue weighted by atomic mass is 9.91. The van der Waals surface area contributed by atoms with Crippen LogP contribution in [0.5, 0.6) is 11.5 Å². The fraction of sp³-hybridized carbons (Fsp3) is 0.154. The average Bonchev–Trinajstić information content (AvgIpc) is 2.48. The number of carboxylic acid groups (broad SMARTS) is 3. The van der Waals surface area contributed by atoms with E-state index in [1.165, 1.54) is 0 Å². The van der Waals surface area contributed by atoms with E-state index in [9.17, 15) is 29.7 Å². The molecule has 0 saturated heterocycles. The molecule has 0 radical (unpaired) electrons. The number of aromatic hydroxyl groups is 2. The third kappa shape index (κ3) is 4.28. The van der Waals surface area contributed by atoms with Crippen LogP contribution >= 0.6 is 47.8 Å². The predicted octanol–water partition coefficient (Wildman–Crippen LogP) is 2.72. The Kier molecular flexibility index (Phi) is 6.81. The third-order valence-corrected chi connectivity index (χ3v) is 6.00. The first kappa shape index (κ1) is 20.5. The van der Waals surface area contributed by atoms with E-state index < -0.39 is 47.3 Å². The number of rotatable bonds is 6. The Morgan fingerprint density at radius 2 is 1.42 bits per heavy atom. The van der Waals surface area contributed by atoms with Gasteiger partial charge in [-0.3, -0.25) is 4.79 Å². The van der Waals surface area contributed by atoms with Crippen LogP contribution in [0.25, 0.3) is 0 Å². The highest BCUT2D eigenvalue weighted by molar-refractivity contribution is 9.13.